The number of rotatable bonds is 6. The summed E-state index contributed by atoms with van der Waals surface area (Å²) in [5.41, 5.74) is 2.12. The smallest absolute Gasteiger partial charge is 0.216 e. The molecule has 1 saturated heterocycles. The molecule has 0 aliphatic carbocycles. The van der Waals surface area contributed by atoms with Crippen molar-refractivity contribution in [3.63, 3.8) is 0 Å². The Balaban J connectivity index is 1.60. The van der Waals surface area contributed by atoms with Crippen LogP contribution in [0.4, 0.5) is 0 Å². The van der Waals surface area contributed by atoms with Crippen molar-refractivity contribution in [2.75, 3.05) is 26.7 Å². The summed E-state index contributed by atoms with van der Waals surface area (Å²) in [5.74, 6) is 1.40. The minimum Gasteiger partial charge on any atom is -0.494 e. The molecule has 24 heavy (non-hydrogen) atoms. The fourth-order valence-corrected chi connectivity index (χ4v) is 3.16. The molecule has 1 atom stereocenters. The molecule has 2 aromatic rings. The molecule has 128 valence electrons. The van der Waals surface area contributed by atoms with Crippen molar-refractivity contribution in [2.45, 2.75) is 19.9 Å². The number of carbonyl (C=O) groups is 1. The van der Waals surface area contributed by atoms with Gasteiger partial charge in [0, 0.05) is 38.3 Å². The van der Waals surface area contributed by atoms with Gasteiger partial charge in [0.25, 0.3) is 0 Å². The van der Waals surface area contributed by atoms with Gasteiger partial charge < -0.3 is 10.1 Å². The predicted molar refractivity (Wildman–Crippen MR) is 92.2 cm³/mol. The minimum atomic E-state index is 0.0477. The number of aromatic nitrogens is 2. The van der Waals surface area contributed by atoms with Crippen LogP contribution in [0.3, 0.4) is 0 Å². The lowest BCUT2D eigenvalue weighted by Gasteiger charge is -2.15. The molecule has 6 nitrogen and oxygen atoms in total. The molecule has 0 unspecified atom stereocenters. The number of hydrogen-bond acceptors (Lipinski definition) is 4. The van der Waals surface area contributed by atoms with Crippen LogP contribution in [0.2, 0.25) is 0 Å². The zero-order chi connectivity index (χ0) is 16.9. The Morgan fingerprint density at radius 2 is 2.25 bits per heavy atom. The van der Waals surface area contributed by atoms with Crippen molar-refractivity contribution >= 4 is 5.91 Å². The molecule has 1 aromatic heterocycles. The molecule has 1 N–H and O–H groups in total. The number of benzene rings is 1. The average molecular weight is 328 g/mol. The topological polar surface area (TPSA) is 59.4 Å². The van der Waals surface area contributed by atoms with Crippen LogP contribution in [-0.4, -0.2) is 47.3 Å². The number of amides is 1. The summed E-state index contributed by atoms with van der Waals surface area (Å²) in [4.78, 5) is 13.4. The van der Waals surface area contributed by atoms with Crippen molar-refractivity contribution in [1.82, 2.24) is 20.0 Å². The van der Waals surface area contributed by atoms with E-state index in [4.69, 9.17) is 4.74 Å². The first kappa shape index (κ1) is 16.5. The number of nitrogens with zero attached hydrogens (tertiary/aromatic N) is 3. The van der Waals surface area contributed by atoms with Crippen molar-refractivity contribution in [3.05, 3.63) is 42.2 Å². The van der Waals surface area contributed by atoms with E-state index < -0.39 is 0 Å². The summed E-state index contributed by atoms with van der Waals surface area (Å²) in [5, 5.41) is 7.38. The Bertz CT molecular complexity index is 698. The van der Waals surface area contributed by atoms with Gasteiger partial charge in [-0.15, -0.1) is 0 Å². The Kier molecular flexibility index (Phi) is 5.15. The molecule has 2 heterocycles. The van der Waals surface area contributed by atoms with E-state index in [0.717, 1.165) is 44.0 Å². The Morgan fingerprint density at radius 3 is 3.04 bits per heavy atom. The van der Waals surface area contributed by atoms with Crippen LogP contribution in [0.5, 0.6) is 5.75 Å². The van der Waals surface area contributed by atoms with Gasteiger partial charge in [0.2, 0.25) is 5.91 Å². The van der Waals surface area contributed by atoms with Crippen LogP contribution in [0, 0.1) is 5.92 Å². The maximum absolute atomic E-state index is 11.0. The lowest BCUT2D eigenvalue weighted by molar-refractivity contribution is -0.119. The quantitative estimate of drug-likeness (QED) is 0.879. The fourth-order valence-electron chi connectivity index (χ4n) is 3.16. The first-order valence-electron chi connectivity index (χ1n) is 8.29. The van der Waals surface area contributed by atoms with Crippen LogP contribution in [0.15, 0.2) is 36.7 Å². The number of nitrogens with one attached hydrogen (secondary N) is 1. The lowest BCUT2D eigenvalue weighted by atomic mass is 10.1. The highest BCUT2D eigenvalue weighted by Crippen LogP contribution is 2.23. The third kappa shape index (κ3) is 3.94. The van der Waals surface area contributed by atoms with Crippen LogP contribution in [0.25, 0.3) is 5.69 Å². The molecule has 1 aromatic carbocycles. The number of para-hydroxylation sites is 2. The van der Waals surface area contributed by atoms with Gasteiger partial charge in [-0.3, -0.25) is 9.69 Å². The van der Waals surface area contributed by atoms with E-state index in [-0.39, 0.29) is 5.91 Å². The summed E-state index contributed by atoms with van der Waals surface area (Å²) in [6.07, 6.45) is 5.09. The van der Waals surface area contributed by atoms with E-state index >= 15 is 0 Å². The molecule has 1 amide bonds. The van der Waals surface area contributed by atoms with Gasteiger partial charge in [-0.25, -0.2) is 4.68 Å². The standard InChI is InChI=1S/C18H24N4O2/c1-14(23)19-9-15-7-8-21(11-15)12-16-10-20-22(13-16)17-5-3-4-6-18(17)24-2/h3-6,10,13,15H,7-9,11-12H2,1-2H3,(H,19,23)/t15-/m1/s1. The molecular formula is C18H24N4O2. The summed E-state index contributed by atoms with van der Waals surface area (Å²) >= 11 is 0. The molecule has 1 aliphatic heterocycles. The summed E-state index contributed by atoms with van der Waals surface area (Å²) in [6, 6.07) is 7.86. The van der Waals surface area contributed by atoms with Gasteiger partial charge in [-0.1, -0.05) is 12.1 Å². The molecular weight excluding hydrogens is 304 g/mol. The normalized spacial score (nSPS) is 17.8. The summed E-state index contributed by atoms with van der Waals surface area (Å²) in [7, 11) is 1.67. The SMILES string of the molecule is COc1ccccc1-n1cc(CN2CC[C@H](CNC(C)=O)C2)cn1. The molecule has 1 aliphatic rings. The number of methoxy groups -OCH3 is 1. The first-order chi connectivity index (χ1) is 11.7. The highest BCUT2D eigenvalue weighted by Gasteiger charge is 2.22. The molecule has 1 fully saturated rings. The second kappa shape index (κ2) is 7.49. The van der Waals surface area contributed by atoms with Gasteiger partial charge >= 0.3 is 0 Å². The highest BCUT2D eigenvalue weighted by molar-refractivity contribution is 5.72. The van der Waals surface area contributed by atoms with E-state index in [2.05, 4.69) is 21.5 Å². The van der Waals surface area contributed by atoms with Crippen LogP contribution < -0.4 is 10.1 Å². The predicted octanol–water partition coefficient (Wildman–Crippen LogP) is 1.84. The van der Waals surface area contributed by atoms with E-state index in [1.807, 2.05) is 35.1 Å². The Labute approximate surface area is 142 Å². The van der Waals surface area contributed by atoms with Gasteiger partial charge in [-0.2, -0.15) is 5.10 Å². The number of carbonyl (C=O) groups excluding carboxylic acids is 1. The van der Waals surface area contributed by atoms with Gasteiger partial charge in [0.05, 0.1) is 13.3 Å². The second-order valence-electron chi connectivity index (χ2n) is 6.29. The van der Waals surface area contributed by atoms with Gasteiger partial charge in [-0.05, 0) is 31.0 Å². The fraction of sp³-hybridized carbons (Fsp3) is 0.444. The van der Waals surface area contributed by atoms with Crippen LogP contribution in [-0.2, 0) is 11.3 Å². The van der Waals surface area contributed by atoms with Crippen LogP contribution >= 0.6 is 0 Å². The Hall–Kier alpha value is -2.34. The molecule has 0 radical (unpaired) electrons. The molecule has 3 rings (SSSR count). The summed E-state index contributed by atoms with van der Waals surface area (Å²) in [6.45, 7) is 5.29. The van der Waals surface area contributed by atoms with Crippen LogP contribution in [0.1, 0.15) is 18.9 Å². The largest absolute Gasteiger partial charge is 0.494 e. The van der Waals surface area contributed by atoms with Crippen molar-refractivity contribution in [1.29, 1.82) is 0 Å². The zero-order valence-electron chi connectivity index (χ0n) is 14.2. The minimum absolute atomic E-state index is 0.0477. The van der Waals surface area contributed by atoms with Crippen molar-refractivity contribution in [2.24, 2.45) is 5.92 Å². The second-order valence-corrected chi connectivity index (χ2v) is 6.29. The highest BCUT2D eigenvalue weighted by atomic mass is 16.5. The third-order valence-electron chi connectivity index (χ3n) is 4.38. The van der Waals surface area contributed by atoms with Gasteiger partial charge in [0.15, 0.2) is 0 Å². The van der Waals surface area contributed by atoms with E-state index in [9.17, 15) is 4.79 Å². The van der Waals surface area contributed by atoms with E-state index in [0.29, 0.717) is 5.92 Å². The lowest BCUT2D eigenvalue weighted by Crippen LogP contribution is -2.29. The molecule has 0 bridgehead atoms. The monoisotopic (exact) mass is 328 g/mol. The summed E-state index contributed by atoms with van der Waals surface area (Å²) < 4.78 is 7.26. The van der Waals surface area contributed by atoms with Gasteiger partial charge in [0.1, 0.15) is 11.4 Å². The van der Waals surface area contributed by atoms with E-state index in [1.165, 1.54) is 5.56 Å². The molecule has 6 heteroatoms. The third-order valence-corrected chi connectivity index (χ3v) is 4.38. The number of ether oxygens (including phenoxy) is 1. The zero-order valence-corrected chi connectivity index (χ0v) is 14.2. The molecule has 0 spiro atoms. The first-order valence-corrected chi connectivity index (χ1v) is 8.29. The number of likely N-dealkylation sites (tertiary alicyclic amines) is 1. The van der Waals surface area contributed by atoms with Crippen molar-refractivity contribution < 1.29 is 9.53 Å². The average Bonchev–Trinajstić information content (AvgIpc) is 3.23. The van der Waals surface area contributed by atoms with E-state index in [1.54, 1.807) is 14.0 Å². The number of hydrogen-bond donors (Lipinski definition) is 1. The van der Waals surface area contributed by atoms with Crippen molar-refractivity contribution in [3.8, 4) is 11.4 Å². The Morgan fingerprint density at radius 1 is 1.42 bits per heavy atom. The maximum atomic E-state index is 11.0. The molecule has 0 saturated carbocycles. The maximum Gasteiger partial charge on any atom is 0.216 e.